The molecule has 0 bridgehead atoms. The van der Waals surface area contributed by atoms with Crippen LogP contribution in [-0.4, -0.2) is 4.98 Å². The molecule has 0 N–H and O–H groups in total. The molecule has 3 heteroatoms. The number of fused-ring (bicyclic) bond motifs is 3. The fourth-order valence-corrected chi connectivity index (χ4v) is 2.83. The van der Waals surface area contributed by atoms with Crippen LogP contribution in [0.3, 0.4) is 0 Å². The van der Waals surface area contributed by atoms with E-state index < -0.39 is 0 Å². The van der Waals surface area contributed by atoms with E-state index in [1.165, 1.54) is 10.9 Å². The maximum Gasteiger partial charge on any atom is 0.226 e. The molecule has 0 aliphatic heterocycles. The quantitative estimate of drug-likeness (QED) is 0.495. The lowest BCUT2D eigenvalue weighted by Crippen LogP contribution is -1.90. The first-order valence-electron chi connectivity index (χ1n) is 7.09. The molecule has 0 amide bonds. The van der Waals surface area contributed by atoms with Crippen LogP contribution in [0.2, 0.25) is 0 Å². The van der Waals surface area contributed by atoms with Crippen LogP contribution >= 0.6 is 0 Å². The molecule has 21 heavy (non-hydrogen) atoms. The Morgan fingerprint density at radius 1 is 1.05 bits per heavy atom. The van der Waals surface area contributed by atoms with Crippen molar-refractivity contribution in [3.63, 3.8) is 0 Å². The number of rotatable bonds is 2. The van der Waals surface area contributed by atoms with E-state index in [2.05, 4.69) is 31.0 Å². The van der Waals surface area contributed by atoms with Crippen molar-refractivity contribution in [2.75, 3.05) is 0 Å². The minimum absolute atomic E-state index is 0.392. The van der Waals surface area contributed by atoms with Crippen molar-refractivity contribution in [1.29, 1.82) is 0 Å². The Labute approximate surface area is 122 Å². The number of furan rings is 1. The summed E-state index contributed by atoms with van der Waals surface area (Å²) in [6.45, 7) is 4.38. The van der Waals surface area contributed by atoms with Crippen LogP contribution in [0.1, 0.15) is 25.3 Å². The van der Waals surface area contributed by atoms with Crippen LogP contribution in [0, 0.1) is 0 Å². The summed E-state index contributed by atoms with van der Waals surface area (Å²) in [7, 11) is 0. The highest BCUT2D eigenvalue weighted by molar-refractivity contribution is 6.07. The lowest BCUT2D eigenvalue weighted by atomic mass is 9.95. The van der Waals surface area contributed by atoms with Gasteiger partial charge in [0.25, 0.3) is 0 Å². The molecule has 0 aliphatic carbocycles. The van der Waals surface area contributed by atoms with E-state index in [4.69, 9.17) is 8.83 Å². The summed E-state index contributed by atoms with van der Waals surface area (Å²) in [5.41, 5.74) is 4.01. The van der Waals surface area contributed by atoms with Crippen LogP contribution in [0.25, 0.3) is 33.4 Å². The first-order valence-corrected chi connectivity index (χ1v) is 7.09. The summed E-state index contributed by atoms with van der Waals surface area (Å²) in [6, 6.07) is 12.3. The van der Waals surface area contributed by atoms with Crippen LogP contribution < -0.4 is 0 Å². The van der Waals surface area contributed by atoms with Gasteiger partial charge in [0.15, 0.2) is 0 Å². The molecule has 0 aliphatic rings. The van der Waals surface area contributed by atoms with Gasteiger partial charge < -0.3 is 8.83 Å². The zero-order chi connectivity index (χ0) is 14.4. The molecule has 4 aromatic rings. The van der Waals surface area contributed by atoms with E-state index in [-0.39, 0.29) is 0 Å². The fraction of sp³-hybridized carbons (Fsp3) is 0.167. The van der Waals surface area contributed by atoms with E-state index in [1.54, 1.807) is 12.5 Å². The van der Waals surface area contributed by atoms with E-state index in [0.717, 1.165) is 22.1 Å². The SMILES string of the molecule is CC(C)c1cc(-c2ncco2)cc2oc3ccccc3c12. The topological polar surface area (TPSA) is 39.2 Å². The van der Waals surface area contributed by atoms with Crippen LogP contribution in [0.4, 0.5) is 0 Å². The van der Waals surface area contributed by atoms with Crippen molar-refractivity contribution in [1.82, 2.24) is 4.98 Å². The summed E-state index contributed by atoms with van der Waals surface area (Å²) in [5.74, 6) is 1.02. The largest absolute Gasteiger partial charge is 0.456 e. The van der Waals surface area contributed by atoms with Gasteiger partial charge in [-0.1, -0.05) is 32.0 Å². The number of hydrogen-bond donors (Lipinski definition) is 0. The number of oxazole rings is 1. The van der Waals surface area contributed by atoms with E-state index in [9.17, 15) is 0 Å². The van der Waals surface area contributed by atoms with Gasteiger partial charge >= 0.3 is 0 Å². The third kappa shape index (κ3) is 1.85. The lowest BCUT2D eigenvalue weighted by molar-refractivity contribution is 0.574. The molecule has 4 rings (SSSR count). The van der Waals surface area contributed by atoms with Gasteiger partial charge in [-0.3, -0.25) is 0 Å². The van der Waals surface area contributed by atoms with Crippen molar-refractivity contribution in [3.8, 4) is 11.5 Å². The first-order chi connectivity index (χ1) is 10.2. The van der Waals surface area contributed by atoms with Gasteiger partial charge in [0, 0.05) is 16.3 Å². The van der Waals surface area contributed by atoms with Gasteiger partial charge in [0.05, 0.1) is 6.20 Å². The Morgan fingerprint density at radius 2 is 1.90 bits per heavy atom. The summed E-state index contributed by atoms with van der Waals surface area (Å²) in [4.78, 5) is 4.24. The molecule has 2 aromatic heterocycles. The van der Waals surface area contributed by atoms with Gasteiger partial charge in [-0.05, 0) is 29.7 Å². The van der Waals surface area contributed by atoms with Gasteiger partial charge in [-0.2, -0.15) is 0 Å². The van der Waals surface area contributed by atoms with Crippen molar-refractivity contribution in [2.45, 2.75) is 19.8 Å². The van der Waals surface area contributed by atoms with Crippen molar-refractivity contribution >= 4 is 21.9 Å². The van der Waals surface area contributed by atoms with E-state index >= 15 is 0 Å². The average Bonchev–Trinajstić information content (AvgIpc) is 3.13. The molecule has 0 saturated heterocycles. The Bertz CT molecular complexity index is 917. The van der Waals surface area contributed by atoms with Crippen molar-refractivity contribution in [2.24, 2.45) is 0 Å². The van der Waals surface area contributed by atoms with Gasteiger partial charge in [-0.15, -0.1) is 0 Å². The summed E-state index contributed by atoms with van der Waals surface area (Å²) < 4.78 is 11.4. The fourth-order valence-electron chi connectivity index (χ4n) is 2.83. The zero-order valence-corrected chi connectivity index (χ0v) is 12.0. The highest BCUT2D eigenvalue weighted by atomic mass is 16.3. The van der Waals surface area contributed by atoms with Crippen LogP contribution in [0.5, 0.6) is 0 Å². The van der Waals surface area contributed by atoms with Crippen LogP contribution in [0.15, 0.2) is 57.7 Å². The molecule has 0 unspecified atom stereocenters. The smallest absolute Gasteiger partial charge is 0.226 e. The molecule has 0 spiro atoms. The number of hydrogen-bond acceptors (Lipinski definition) is 3. The van der Waals surface area contributed by atoms with Gasteiger partial charge in [-0.25, -0.2) is 4.98 Å². The maximum atomic E-state index is 6.01. The number of para-hydroxylation sites is 1. The second-order valence-corrected chi connectivity index (χ2v) is 5.53. The molecular formula is C18H15NO2. The van der Waals surface area contributed by atoms with E-state index in [1.807, 2.05) is 24.3 Å². The summed E-state index contributed by atoms with van der Waals surface area (Å²) in [5, 5.41) is 2.35. The second kappa shape index (κ2) is 4.48. The van der Waals surface area contributed by atoms with Gasteiger partial charge in [0.1, 0.15) is 17.4 Å². The second-order valence-electron chi connectivity index (χ2n) is 5.53. The number of aromatic nitrogens is 1. The molecule has 2 aromatic carbocycles. The molecule has 0 atom stereocenters. The average molecular weight is 277 g/mol. The van der Waals surface area contributed by atoms with Crippen molar-refractivity contribution in [3.05, 3.63) is 54.4 Å². The zero-order valence-electron chi connectivity index (χ0n) is 12.0. The van der Waals surface area contributed by atoms with Gasteiger partial charge in [0.2, 0.25) is 5.89 Å². The summed E-state index contributed by atoms with van der Waals surface area (Å²) >= 11 is 0. The third-order valence-electron chi connectivity index (χ3n) is 3.81. The normalized spacial score (nSPS) is 11.8. The Balaban J connectivity index is 2.12. The maximum absolute atomic E-state index is 6.01. The molecule has 0 saturated carbocycles. The number of nitrogens with zero attached hydrogens (tertiary/aromatic N) is 1. The predicted octanol–water partition coefficient (Wildman–Crippen LogP) is 5.36. The molecule has 104 valence electrons. The molecule has 0 radical (unpaired) electrons. The minimum atomic E-state index is 0.392. The highest BCUT2D eigenvalue weighted by Gasteiger charge is 2.16. The minimum Gasteiger partial charge on any atom is -0.456 e. The Morgan fingerprint density at radius 3 is 2.67 bits per heavy atom. The Kier molecular flexibility index (Phi) is 2.61. The Hall–Kier alpha value is -2.55. The van der Waals surface area contributed by atoms with E-state index in [0.29, 0.717) is 11.8 Å². The number of benzene rings is 2. The molecule has 0 fully saturated rings. The monoisotopic (exact) mass is 277 g/mol. The summed E-state index contributed by atoms with van der Waals surface area (Å²) in [6.07, 6.45) is 3.25. The third-order valence-corrected chi connectivity index (χ3v) is 3.81. The molecule has 2 heterocycles. The molecule has 3 nitrogen and oxygen atoms in total. The molecular weight excluding hydrogens is 262 g/mol. The standard InChI is InChI=1S/C18H15NO2/c1-11(2)14-9-12(18-19-7-8-20-18)10-16-17(14)13-5-3-4-6-15(13)21-16/h3-11H,1-2H3. The first kappa shape index (κ1) is 12.2. The lowest BCUT2D eigenvalue weighted by Gasteiger charge is -2.09. The predicted molar refractivity (Wildman–Crippen MR) is 83.3 cm³/mol. The highest BCUT2D eigenvalue weighted by Crippen LogP contribution is 2.37. The van der Waals surface area contributed by atoms with Crippen LogP contribution in [-0.2, 0) is 0 Å². The van der Waals surface area contributed by atoms with Crippen molar-refractivity contribution < 1.29 is 8.83 Å².